The number of rotatable bonds is 11. The highest BCUT2D eigenvalue weighted by Gasteiger charge is 2.04. The van der Waals surface area contributed by atoms with Gasteiger partial charge in [0.15, 0.2) is 11.5 Å². The first-order chi connectivity index (χ1) is 9.81. The summed E-state index contributed by atoms with van der Waals surface area (Å²) in [5.74, 6) is 1.59. The van der Waals surface area contributed by atoms with E-state index in [0.29, 0.717) is 6.54 Å². The van der Waals surface area contributed by atoms with E-state index in [2.05, 4.69) is 6.92 Å². The summed E-state index contributed by atoms with van der Waals surface area (Å²) < 4.78 is 11.1. The molecule has 0 amide bonds. The number of hydrogen-bond acceptors (Lipinski definition) is 3. The molecule has 2 N–H and O–H groups in total. The van der Waals surface area contributed by atoms with Gasteiger partial charge in [-0.3, -0.25) is 0 Å². The van der Waals surface area contributed by atoms with Gasteiger partial charge in [0.1, 0.15) is 0 Å². The SMILES string of the molecule is CCCCCCCCCOc1ccc(CN)cc1OC. The topological polar surface area (TPSA) is 44.5 Å². The number of ether oxygens (including phenoxy) is 2. The van der Waals surface area contributed by atoms with E-state index in [9.17, 15) is 0 Å². The van der Waals surface area contributed by atoms with E-state index < -0.39 is 0 Å². The van der Waals surface area contributed by atoms with Crippen LogP contribution in [0.4, 0.5) is 0 Å². The third-order valence-corrected chi connectivity index (χ3v) is 3.47. The minimum absolute atomic E-state index is 0.522. The third-order valence-electron chi connectivity index (χ3n) is 3.47. The largest absolute Gasteiger partial charge is 0.493 e. The number of hydrogen-bond donors (Lipinski definition) is 1. The Balaban J connectivity index is 2.21. The standard InChI is InChI=1S/C17H29NO2/c1-3-4-5-6-7-8-9-12-20-16-11-10-15(14-18)13-17(16)19-2/h10-11,13H,3-9,12,14,18H2,1-2H3. The molecule has 114 valence electrons. The van der Waals surface area contributed by atoms with Crippen molar-refractivity contribution in [3.8, 4) is 11.5 Å². The van der Waals surface area contributed by atoms with Crippen LogP contribution in [0.5, 0.6) is 11.5 Å². The van der Waals surface area contributed by atoms with E-state index in [1.165, 1.54) is 38.5 Å². The molecule has 1 aromatic carbocycles. The Labute approximate surface area is 123 Å². The van der Waals surface area contributed by atoms with Gasteiger partial charge in [-0.15, -0.1) is 0 Å². The van der Waals surface area contributed by atoms with Crippen LogP contribution in [-0.4, -0.2) is 13.7 Å². The van der Waals surface area contributed by atoms with Crippen molar-refractivity contribution in [3.63, 3.8) is 0 Å². The summed E-state index contributed by atoms with van der Waals surface area (Å²) in [6.07, 6.45) is 9.05. The maximum atomic E-state index is 5.79. The second-order valence-corrected chi connectivity index (χ2v) is 5.16. The number of benzene rings is 1. The van der Waals surface area contributed by atoms with Gasteiger partial charge in [-0.05, 0) is 24.1 Å². The van der Waals surface area contributed by atoms with Crippen LogP contribution in [0.2, 0.25) is 0 Å². The Hall–Kier alpha value is -1.22. The van der Waals surface area contributed by atoms with Crippen LogP contribution in [0.25, 0.3) is 0 Å². The van der Waals surface area contributed by atoms with E-state index in [1.54, 1.807) is 7.11 Å². The molecule has 0 bridgehead atoms. The van der Waals surface area contributed by atoms with Crippen LogP contribution < -0.4 is 15.2 Å². The Morgan fingerprint density at radius 2 is 1.65 bits per heavy atom. The normalized spacial score (nSPS) is 10.6. The van der Waals surface area contributed by atoms with Crippen molar-refractivity contribution in [2.75, 3.05) is 13.7 Å². The summed E-state index contributed by atoms with van der Waals surface area (Å²) >= 11 is 0. The predicted molar refractivity (Wildman–Crippen MR) is 84.4 cm³/mol. The van der Waals surface area contributed by atoms with Gasteiger partial charge < -0.3 is 15.2 Å². The summed E-state index contributed by atoms with van der Waals surface area (Å²) in [5, 5.41) is 0. The van der Waals surface area contributed by atoms with Crippen molar-refractivity contribution in [2.45, 2.75) is 58.4 Å². The van der Waals surface area contributed by atoms with E-state index in [0.717, 1.165) is 30.1 Å². The van der Waals surface area contributed by atoms with Crippen molar-refractivity contribution >= 4 is 0 Å². The quantitative estimate of drug-likeness (QED) is 0.615. The summed E-state index contributed by atoms with van der Waals surface area (Å²) in [6, 6.07) is 5.88. The van der Waals surface area contributed by atoms with Gasteiger partial charge in [-0.1, -0.05) is 51.5 Å². The van der Waals surface area contributed by atoms with Gasteiger partial charge in [0.2, 0.25) is 0 Å². The average molecular weight is 279 g/mol. The van der Waals surface area contributed by atoms with Crippen molar-refractivity contribution in [1.82, 2.24) is 0 Å². The van der Waals surface area contributed by atoms with E-state index in [1.807, 2.05) is 18.2 Å². The Morgan fingerprint density at radius 1 is 0.950 bits per heavy atom. The van der Waals surface area contributed by atoms with Crippen molar-refractivity contribution in [2.24, 2.45) is 5.73 Å². The molecule has 0 saturated carbocycles. The molecule has 0 heterocycles. The van der Waals surface area contributed by atoms with Crippen molar-refractivity contribution in [1.29, 1.82) is 0 Å². The maximum absolute atomic E-state index is 5.79. The first-order valence-electron chi connectivity index (χ1n) is 7.81. The van der Waals surface area contributed by atoms with E-state index >= 15 is 0 Å². The molecule has 0 spiro atoms. The van der Waals surface area contributed by atoms with Crippen LogP contribution >= 0.6 is 0 Å². The molecule has 0 unspecified atom stereocenters. The molecule has 0 aliphatic carbocycles. The van der Waals surface area contributed by atoms with Crippen LogP contribution in [0.15, 0.2) is 18.2 Å². The lowest BCUT2D eigenvalue weighted by atomic mass is 10.1. The van der Waals surface area contributed by atoms with Crippen molar-refractivity contribution in [3.05, 3.63) is 23.8 Å². The lowest BCUT2D eigenvalue weighted by molar-refractivity contribution is 0.284. The third kappa shape index (κ3) is 6.29. The molecular formula is C17H29NO2. The fourth-order valence-corrected chi connectivity index (χ4v) is 2.20. The Kier molecular flexibility index (Phi) is 8.88. The van der Waals surface area contributed by atoms with Crippen LogP contribution in [0.3, 0.4) is 0 Å². The fourth-order valence-electron chi connectivity index (χ4n) is 2.20. The molecule has 3 heteroatoms. The Bertz CT molecular complexity index is 366. The molecule has 0 aromatic heterocycles. The van der Waals surface area contributed by atoms with Crippen LogP contribution in [0, 0.1) is 0 Å². The zero-order chi connectivity index (χ0) is 14.6. The van der Waals surface area contributed by atoms with Gasteiger partial charge in [0.05, 0.1) is 13.7 Å². The molecule has 0 radical (unpaired) electrons. The molecule has 0 fully saturated rings. The summed E-state index contributed by atoms with van der Waals surface area (Å²) in [4.78, 5) is 0. The minimum Gasteiger partial charge on any atom is -0.493 e. The number of unbranched alkanes of at least 4 members (excludes halogenated alkanes) is 6. The van der Waals surface area contributed by atoms with E-state index in [4.69, 9.17) is 15.2 Å². The van der Waals surface area contributed by atoms with Crippen LogP contribution in [-0.2, 0) is 6.54 Å². The molecule has 20 heavy (non-hydrogen) atoms. The molecule has 1 rings (SSSR count). The molecule has 0 saturated heterocycles. The molecule has 0 aliphatic heterocycles. The van der Waals surface area contributed by atoms with Gasteiger partial charge in [-0.25, -0.2) is 0 Å². The fraction of sp³-hybridized carbons (Fsp3) is 0.647. The van der Waals surface area contributed by atoms with Gasteiger partial charge >= 0.3 is 0 Å². The predicted octanol–water partition coefficient (Wildman–Crippen LogP) is 4.28. The first-order valence-corrected chi connectivity index (χ1v) is 7.81. The van der Waals surface area contributed by atoms with Gasteiger partial charge in [-0.2, -0.15) is 0 Å². The second-order valence-electron chi connectivity index (χ2n) is 5.16. The number of methoxy groups -OCH3 is 1. The van der Waals surface area contributed by atoms with Gasteiger partial charge in [0, 0.05) is 6.54 Å². The molecular weight excluding hydrogens is 250 g/mol. The maximum Gasteiger partial charge on any atom is 0.161 e. The first kappa shape index (κ1) is 16.8. The molecule has 1 aromatic rings. The highest BCUT2D eigenvalue weighted by atomic mass is 16.5. The second kappa shape index (κ2) is 10.6. The lowest BCUT2D eigenvalue weighted by Gasteiger charge is -2.11. The smallest absolute Gasteiger partial charge is 0.161 e. The summed E-state index contributed by atoms with van der Waals surface area (Å²) in [7, 11) is 1.66. The molecule has 0 atom stereocenters. The summed E-state index contributed by atoms with van der Waals surface area (Å²) in [5.41, 5.74) is 6.68. The zero-order valence-corrected chi connectivity index (χ0v) is 13.0. The monoisotopic (exact) mass is 279 g/mol. The minimum atomic E-state index is 0.522. The van der Waals surface area contributed by atoms with Crippen molar-refractivity contribution < 1.29 is 9.47 Å². The number of nitrogens with two attached hydrogens (primary N) is 1. The van der Waals surface area contributed by atoms with Gasteiger partial charge in [0.25, 0.3) is 0 Å². The molecule has 0 aliphatic rings. The lowest BCUT2D eigenvalue weighted by Crippen LogP contribution is -2.01. The zero-order valence-electron chi connectivity index (χ0n) is 13.0. The average Bonchev–Trinajstić information content (AvgIpc) is 2.50. The van der Waals surface area contributed by atoms with Crippen LogP contribution in [0.1, 0.15) is 57.4 Å². The van der Waals surface area contributed by atoms with E-state index in [-0.39, 0.29) is 0 Å². The Morgan fingerprint density at radius 3 is 2.30 bits per heavy atom. The highest BCUT2D eigenvalue weighted by molar-refractivity contribution is 5.42. The highest BCUT2D eigenvalue weighted by Crippen LogP contribution is 2.28. The summed E-state index contributed by atoms with van der Waals surface area (Å²) in [6.45, 7) is 3.53. The molecule has 3 nitrogen and oxygen atoms in total.